The molecule has 0 aliphatic heterocycles. The van der Waals surface area contributed by atoms with Gasteiger partial charge in [0.05, 0.1) is 6.54 Å². The zero-order valence-corrected chi connectivity index (χ0v) is 14.5. The smallest absolute Gasteiger partial charge is 0.211 e. The van der Waals surface area contributed by atoms with Crippen LogP contribution in [0.25, 0.3) is 0 Å². The van der Waals surface area contributed by atoms with Gasteiger partial charge in [-0.1, -0.05) is 70.9 Å². The minimum Gasteiger partial charge on any atom is -0.211 e. The summed E-state index contributed by atoms with van der Waals surface area (Å²) in [5.41, 5.74) is 0. The summed E-state index contributed by atoms with van der Waals surface area (Å²) in [5, 5.41) is 0. The Balaban J connectivity index is 3.05. The summed E-state index contributed by atoms with van der Waals surface area (Å²) >= 11 is 6.29. The van der Waals surface area contributed by atoms with E-state index in [2.05, 4.69) is 18.1 Å². The maximum absolute atomic E-state index is 9.84. The molecule has 0 unspecified atom stereocenters. The predicted octanol–water partition coefficient (Wildman–Crippen LogP) is 5.67. The lowest BCUT2D eigenvalue weighted by Crippen LogP contribution is -2.14. The highest BCUT2D eigenvalue weighted by molar-refractivity contribution is 7.19. The van der Waals surface area contributed by atoms with Crippen molar-refractivity contribution < 1.29 is 4.79 Å². The third-order valence-corrected chi connectivity index (χ3v) is 5.47. The van der Waals surface area contributed by atoms with Gasteiger partial charge in [0.15, 0.2) is 0 Å². The van der Waals surface area contributed by atoms with E-state index in [1.165, 1.54) is 63.8 Å². The van der Waals surface area contributed by atoms with Crippen LogP contribution < -0.4 is 0 Å². The quantitative estimate of drug-likeness (QED) is 0.142. The Kier molecular flexibility index (Phi) is 12.8. The number of isocyanates is 1. The molecule has 0 atom stereocenters. The molecular weight excluding hydrogens is 274 g/mol. The van der Waals surface area contributed by atoms with Crippen molar-refractivity contribution in [3.63, 3.8) is 0 Å². The van der Waals surface area contributed by atoms with Gasteiger partial charge >= 0.3 is 0 Å². The highest BCUT2D eigenvalue weighted by Crippen LogP contribution is 2.19. The second-order valence-electron chi connectivity index (χ2n) is 5.98. The molecule has 0 fully saturated rings. The molecule has 0 bridgehead atoms. The van der Waals surface area contributed by atoms with Crippen LogP contribution in [0.15, 0.2) is 4.99 Å². The van der Waals surface area contributed by atoms with Crippen molar-refractivity contribution >= 4 is 24.5 Å². The summed E-state index contributed by atoms with van der Waals surface area (Å²) < 4.78 is 0. The van der Waals surface area contributed by atoms with Crippen LogP contribution >= 0.6 is 11.1 Å². The van der Waals surface area contributed by atoms with Gasteiger partial charge in [-0.15, -0.1) is 0 Å². The lowest BCUT2D eigenvalue weighted by atomic mass is 10.1. The van der Waals surface area contributed by atoms with Crippen molar-refractivity contribution in [2.24, 2.45) is 4.99 Å². The average Bonchev–Trinajstić information content (AvgIpc) is 2.34. The van der Waals surface area contributed by atoms with Crippen LogP contribution in [0.1, 0.15) is 64.2 Å². The fraction of sp³-hybridized carbons (Fsp3) is 0.933. The van der Waals surface area contributed by atoms with Crippen LogP contribution in [0.2, 0.25) is 19.1 Å². The van der Waals surface area contributed by atoms with E-state index in [-0.39, 0.29) is 0 Å². The van der Waals surface area contributed by atoms with Gasteiger partial charge in [0, 0.05) is 0 Å². The third kappa shape index (κ3) is 17.9. The largest absolute Gasteiger partial charge is 0.234 e. The van der Waals surface area contributed by atoms with Gasteiger partial charge in [-0.05, 0) is 12.5 Å². The molecular formula is C15H30ClNOSi. The van der Waals surface area contributed by atoms with E-state index in [4.69, 9.17) is 11.1 Å². The Hall–Kier alpha value is -0.113. The summed E-state index contributed by atoms with van der Waals surface area (Å²) in [6.07, 6.45) is 14.6. The first kappa shape index (κ1) is 18.9. The highest BCUT2D eigenvalue weighted by Gasteiger charge is 2.15. The van der Waals surface area contributed by atoms with E-state index in [1.807, 2.05) is 0 Å². The summed E-state index contributed by atoms with van der Waals surface area (Å²) in [5.74, 6) is 0. The number of carbonyl (C=O) groups excluding carboxylic acids is 1. The van der Waals surface area contributed by atoms with Crippen molar-refractivity contribution in [2.75, 3.05) is 6.54 Å². The second-order valence-corrected chi connectivity index (χ2v) is 13.0. The van der Waals surface area contributed by atoms with E-state index in [0.29, 0.717) is 6.54 Å². The van der Waals surface area contributed by atoms with Crippen LogP contribution in [-0.4, -0.2) is 20.0 Å². The van der Waals surface area contributed by atoms with Gasteiger partial charge < -0.3 is 0 Å². The van der Waals surface area contributed by atoms with Crippen molar-refractivity contribution in [3.05, 3.63) is 0 Å². The number of hydrogen-bond acceptors (Lipinski definition) is 2. The fourth-order valence-electron chi connectivity index (χ4n) is 2.20. The Morgan fingerprint density at radius 1 is 0.842 bits per heavy atom. The van der Waals surface area contributed by atoms with Gasteiger partial charge in [0.2, 0.25) is 6.08 Å². The summed E-state index contributed by atoms with van der Waals surface area (Å²) in [6.45, 7) is 5.12. The first-order valence-corrected chi connectivity index (χ1v) is 12.0. The fourth-order valence-corrected chi connectivity index (χ4v) is 3.69. The van der Waals surface area contributed by atoms with Crippen molar-refractivity contribution in [1.29, 1.82) is 0 Å². The maximum Gasteiger partial charge on any atom is 0.234 e. The molecule has 2 nitrogen and oxygen atoms in total. The van der Waals surface area contributed by atoms with Crippen LogP contribution in [0.5, 0.6) is 0 Å². The highest BCUT2D eigenvalue weighted by atomic mass is 35.6. The Morgan fingerprint density at radius 2 is 1.26 bits per heavy atom. The van der Waals surface area contributed by atoms with Crippen molar-refractivity contribution in [1.82, 2.24) is 0 Å². The number of halogens is 1. The van der Waals surface area contributed by atoms with Gasteiger partial charge in [-0.3, -0.25) is 0 Å². The Labute approximate surface area is 124 Å². The van der Waals surface area contributed by atoms with E-state index in [1.54, 1.807) is 6.08 Å². The van der Waals surface area contributed by atoms with Crippen LogP contribution in [0, 0.1) is 0 Å². The zero-order valence-electron chi connectivity index (χ0n) is 12.7. The minimum absolute atomic E-state index is 0.656. The van der Waals surface area contributed by atoms with Crippen LogP contribution in [0.3, 0.4) is 0 Å². The van der Waals surface area contributed by atoms with E-state index in [9.17, 15) is 4.79 Å². The van der Waals surface area contributed by atoms with Gasteiger partial charge in [0.1, 0.15) is 7.38 Å². The van der Waals surface area contributed by atoms with Crippen LogP contribution in [0.4, 0.5) is 0 Å². The molecule has 0 aromatic rings. The van der Waals surface area contributed by atoms with E-state index >= 15 is 0 Å². The molecule has 0 rings (SSSR count). The van der Waals surface area contributed by atoms with E-state index in [0.717, 1.165) is 6.42 Å². The zero-order chi connectivity index (χ0) is 14.4. The molecule has 0 spiro atoms. The second kappa shape index (κ2) is 12.9. The van der Waals surface area contributed by atoms with Gasteiger partial charge in [-0.2, -0.15) is 11.1 Å². The molecule has 4 heteroatoms. The van der Waals surface area contributed by atoms with E-state index < -0.39 is 7.38 Å². The lowest BCUT2D eigenvalue weighted by molar-refractivity contribution is 0.552. The Bertz CT molecular complexity index is 247. The minimum atomic E-state index is -1.32. The molecule has 19 heavy (non-hydrogen) atoms. The molecule has 0 radical (unpaired) electrons. The molecule has 0 aliphatic rings. The van der Waals surface area contributed by atoms with Gasteiger partial charge in [0.25, 0.3) is 0 Å². The molecule has 112 valence electrons. The summed E-state index contributed by atoms with van der Waals surface area (Å²) in [7, 11) is -1.32. The number of unbranched alkanes of at least 4 members (excludes halogenated alkanes) is 9. The average molecular weight is 304 g/mol. The number of aliphatic imine (C=N–C) groups is 1. The predicted molar refractivity (Wildman–Crippen MR) is 87.3 cm³/mol. The molecule has 0 saturated heterocycles. The molecule has 0 heterocycles. The molecule has 0 saturated carbocycles. The van der Waals surface area contributed by atoms with Gasteiger partial charge in [-0.25, -0.2) is 9.79 Å². The first-order valence-electron chi connectivity index (χ1n) is 7.79. The molecule has 0 N–H and O–H groups in total. The Morgan fingerprint density at radius 3 is 1.68 bits per heavy atom. The normalized spacial score (nSPS) is 11.3. The number of rotatable bonds is 13. The topological polar surface area (TPSA) is 29.4 Å². The summed E-state index contributed by atoms with van der Waals surface area (Å²) in [4.78, 5) is 13.4. The molecule has 0 amide bonds. The van der Waals surface area contributed by atoms with Crippen molar-refractivity contribution in [2.45, 2.75) is 83.3 Å². The number of hydrogen-bond donors (Lipinski definition) is 0. The monoisotopic (exact) mass is 303 g/mol. The SMILES string of the molecule is C[Si](C)(Cl)CCCCCCCCCCCCN=C=O. The standard InChI is InChI=1S/C15H30ClNOSi/c1-19(2,16)14-12-10-8-6-4-3-5-7-9-11-13-17-15-18/h3-14H2,1-2H3. The lowest BCUT2D eigenvalue weighted by Gasteiger charge is -2.11. The molecule has 0 aromatic heterocycles. The first-order chi connectivity index (χ1) is 9.06. The summed E-state index contributed by atoms with van der Waals surface area (Å²) in [6, 6.07) is 1.26. The van der Waals surface area contributed by atoms with Crippen molar-refractivity contribution in [3.8, 4) is 0 Å². The third-order valence-electron chi connectivity index (χ3n) is 3.36. The van der Waals surface area contributed by atoms with Crippen LogP contribution in [-0.2, 0) is 4.79 Å². The molecule has 0 aliphatic carbocycles. The number of nitrogens with zero attached hydrogens (tertiary/aromatic N) is 1. The maximum atomic E-state index is 9.84. The molecule has 0 aromatic carbocycles.